The van der Waals surface area contributed by atoms with Gasteiger partial charge in [0.15, 0.2) is 0 Å². The van der Waals surface area contributed by atoms with Gasteiger partial charge >= 0.3 is 15.1 Å². The molecule has 0 amide bonds. The molecule has 0 bridgehead atoms. The summed E-state index contributed by atoms with van der Waals surface area (Å²) in [6, 6.07) is 0. The van der Waals surface area contributed by atoms with E-state index in [4.69, 9.17) is 0 Å². The summed E-state index contributed by atoms with van der Waals surface area (Å²) >= 11 is 1.92. The van der Waals surface area contributed by atoms with Crippen LogP contribution in [-0.4, -0.2) is 8.42 Å². The largest absolute Gasteiger partial charge is 0.580 e. The van der Waals surface area contributed by atoms with Crippen LogP contribution in [0.5, 0.6) is 0 Å². The van der Waals surface area contributed by atoms with Crippen molar-refractivity contribution in [3.05, 3.63) is 0 Å². The maximum Gasteiger partial charge on any atom is 0.453 e. The molecule has 0 saturated heterocycles. The fourth-order valence-electron chi connectivity index (χ4n) is 0. The lowest BCUT2D eigenvalue weighted by Crippen LogP contribution is -1.91. The summed E-state index contributed by atoms with van der Waals surface area (Å²) in [5.41, 5.74) is 0. The van der Waals surface area contributed by atoms with Crippen LogP contribution in [0.4, 0.5) is 0 Å². The predicted octanol–water partition coefficient (Wildman–Crippen LogP) is -0.271. The summed E-state index contributed by atoms with van der Waals surface area (Å²) in [4.78, 5) is 9.42. The molecule has 0 N–H and O–H groups in total. The normalized spacial score (nSPS) is 13.7. The Morgan fingerprint density at radius 2 is 1.71 bits per heavy atom. The van der Waals surface area contributed by atoms with Gasteiger partial charge in [-0.2, -0.15) is 8.42 Å². The molecule has 0 heterocycles. The molecule has 0 saturated carbocycles. The second-order valence-electron chi connectivity index (χ2n) is 0.636. The van der Waals surface area contributed by atoms with Crippen LogP contribution in [0.3, 0.4) is 0 Å². The van der Waals surface area contributed by atoms with Gasteiger partial charge in [-0.15, -0.1) is 0 Å². The Hall–Kier alpha value is 0.490. The third-order valence-electron chi connectivity index (χ3n) is 0.178. The summed E-state index contributed by atoms with van der Waals surface area (Å²) in [6.07, 6.45) is 0. The standard InChI is InChI=1S/BrO4PS/c1-7(4,5)6(2)3. The van der Waals surface area contributed by atoms with E-state index in [-0.39, 0.29) is 0 Å². The zero-order valence-corrected chi connectivity index (χ0v) is 6.16. The van der Waals surface area contributed by atoms with E-state index in [2.05, 4.69) is 0 Å². The minimum atomic E-state index is -3.97. The van der Waals surface area contributed by atoms with E-state index in [0.717, 1.165) is 0 Å². The molecule has 0 rings (SSSR count). The predicted molar refractivity (Wildman–Crippen MR) is 25.5 cm³/mol. The lowest BCUT2D eigenvalue weighted by molar-refractivity contribution is -0.158. The van der Waals surface area contributed by atoms with Gasteiger partial charge in [-0.05, 0) is 0 Å². The van der Waals surface area contributed by atoms with Gasteiger partial charge in [0, 0.05) is 0 Å². The molecule has 0 fully saturated rings. The molecule has 0 aliphatic carbocycles. The minimum Gasteiger partial charge on any atom is -0.580 e. The lowest BCUT2D eigenvalue weighted by Gasteiger charge is -1.74. The Labute approximate surface area is 48.3 Å². The molecule has 0 aliphatic heterocycles. The highest BCUT2D eigenvalue weighted by molar-refractivity contribution is 9.53. The van der Waals surface area contributed by atoms with Gasteiger partial charge in [-0.25, -0.2) is 0 Å². The fraction of sp³-hybridized carbons (Fsp3) is 0. The number of halogens is 1. The third kappa shape index (κ3) is 3.11. The van der Waals surface area contributed by atoms with Crippen LogP contribution >= 0.6 is 22.0 Å². The van der Waals surface area contributed by atoms with Gasteiger partial charge in [-0.1, -0.05) is 4.57 Å². The summed E-state index contributed by atoms with van der Waals surface area (Å²) in [5, 5.41) is 0. The SMILES string of the molecule is O=[P+]([O-])S(=O)(=O)Br. The molecule has 1 unspecified atom stereocenters. The third-order valence-corrected chi connectivity index (χ3v) is 3.73. The van der Waals surface area contributed by atoms with Crippen LogP contribution in [-0.2, 0) is 12.5 Å². The highest BCUT2D eigenvalue weighted by Gasteiger charge is 2.19. The number of hydrogen-bond donors (Lipinski definition) is 0. The summed E-state index contributed by atoms with van der Waals surface area (Å²) in [5.74, 6) is 0. The molecule has 0 aliphatic rings. The van der Waals surface area contributed by atoms with Crippen molar-refractivity contribution < 1.29 is 17.9 Å². The van der Waals surface area contributed by atoms with Crippen molar-refractivity contribution in [1.82, 2.24) is 0 Å². The van der Waals surface area contributed by atoms with Crippen molar-refractivity contribution in [2.24, 2.45) is 0 Å². The van der Waals surface area contributed by atoms with Crippen molar-refractivity contribution in [2.45, 2.75) is 0 Å². The first-order valence-corrected chi connectivity index (χ1v) is 6.14. The molecule has 0 aromatic carbocycles. The topological polar surface area (TPSA) is 74.3 Å². The maximum atomic E-state index is 9.65. The molecule has 7 heavy (non-hydrogen) atoms. The first kappa shape index (κ1) is 7.49. The maximum absolute atomic E-state index is 9.65. The quantitative estimate of drug-likeness (QED) is 0.438. The highest BCUT2D eigenvalue weighted by atomic mass is 79.9. The number of rotatable bonds is 1. The zero-order chi connectivity index (χ0) is 6.08. The Kier molecular flexibility index (Phi) is 2.32. The monoisotopic (exact) mass is 206 g/mol. The van der Waals surface area contributed by atoms with E-state index in [1.807, 2.05) is 14.8 Å². The first-order chi connectivity index (χ1) is 2.94. The van der Waals surface area contributed by atoms with Gasteiger partial charge in [0.05, 0.1) is 0 Å². The van der Waals surface area contributed by atoms with Crippen LogP contribution in [0.1, 0.15) is 0 Å². The van der Waals surface area contributed by atoms with Crippen LogP contribution in [0.2, 0.25) is 0 Å². The Morgan fingerprint density at radius 3 is 1.71 bits per heavy atom. The summed E-state index contributed by atoms with van der Waals surface area (Å²) in [7, 11) is -7.33. The summed E-state index contributed by atoms with van der Waals surface area (Å²) in [6.45, 7) is 0. The van der Waals surface area contributed by atoms with Gasteiger partial charge in [0.2, 0.25) is 0 Å². The second-order valence-corrected chi connectivity index (χ2v) is 8.30. The van der Waals surface area contributed by atoms with Gasteiger partial charge < -0.3 is 4.89 Å². The van der Waals surface area contributed by atoms with E-state index in [9.17, 15) is 17.9 Å². The first-order valence-electron chi connectivity index (χ1n) is 1.04. The van der Waals surface area contributed by atoms with Crippen molar-refractivity contribution in [1.29, 1.82) is 0 Å². The molecule has 7 heteroatoms. The van der Waals surface area contributed by atoms with Gasteiger partial charge in [-0.3, -0.25) is 0 Å². The molecule has 1 atom stereocenters. The van der Waals surface area contributed by atoms with Crippen LogP contribution < -0.4 is 4.89 Å². The smallest absolute Gasteiger partial charge is 0.453 e. The Morgan fingerprint density at radius 1 is 1.57 bits per heavy atom. The second kappa shape index (κ2) is 2.17. The molecule has 0 aromatic heterocycles. The fourth-order valence-corrected chi connectivity index (χ4v) is 0. The molecule has 0 aromatic rings. The average Bonchev–Trinajstić information content (AvgIpc) is 1.31. The molecular formula is BrO4PS. The Bertz CT molecular complexity index is 166. The van der Waals surface area contributed by atoms with Gasteiger partial charge in [0.25, 0.3) is 0 Å². The molecule has 0 radical (unpaired) electrons. The summed E-state index contributed by atoms with van der Waals surface area (Å²) < 4.78 is 28.7. The van der Waals surface area contributed by atoms with E-state index in [1.165, 1.54) is 0 Å². The highest BCUT2D eigenvalue weighted by Crippen LogP contribution is 2.24. The average molecular weight is 207 g/mol. The number of hydrogen-bond acceptors (Lipinski definition) is 4. The van der Waals surface area contributed by atoms with E-state index in [1.54, 1.807) is 0 Å². The van der Waals surface area contributed by atoms with Gasteiger partial charge in [0.1, 0.15) is 14.8 Å². The van der Waals surface area contributed by atoms with Crippen LogP contribution in [0.25, 0.3) is 0 Å². The van der Waals surface area contributed by atoms with Crippen LogP contribution in [0, 0.1) is 0 Å². The van der Waals surface area contributed by atoms with E-state index >= 15 is 0 Å². The molecule has 4 nitrogen and oxygen atoms in total. The van der Waals surface area contributed by atoms with Crippen molar-refractivity contribution in [3.8, 4) is 0 Å². The van der Waals surface area contributed by atoms with Crippen molar-refractivity contribution >= 4 is 29.9 Å². The van der Waals surface area contributed by atoms with E-state index in [0.29, 0.717) is 0 Å². The van der Waals surface area contributed by atoms with Crippen molar-refractivity contribution in [3.63, 3.8) is 0 Å². The molecular weight excluding hydrogens is 207 g/mol. The minimum absolute atomic E-state index is 1.92. The zero-order valence-electron chi connectivity index (χ0n) is 2.87. The lowest BCUT2D eigenvalue weighted by atomic mass is 15.9. The molecule has 42 valence electrons. The van der Waals surface area contributed by atoms with E-state index < -0.39 is 15.1 Å². The Balaban J connectivity index is 4.43. The molecule has 0 spiro atoms. The van der Waals surface area contributed by atoms with Crippen molar-refractivity contribution in [2.75, 3.05) is 0 Å². The van der Waals surface area contributed by atoms with Crippen LogP contribution in [0.15, 0.2) is 0 Å².